The molecule has 0 saturated carbocycles. The average molecular weight is 233 g/mol. The Morgan fingerprint density at radius 1 is 1.33 bits per heavy atom. The molecule has 0 saturated heterocycles. The van der Waals surface area contributed by atoms with Gasteiger partial charge >= 0.3 is 0 Å². The molecule has 12 heavy (non-hydrogen) atoms. The van der Waals surface area contributed by atoms with E-state index in [-0.39, 0.29) is 22.9 Å². The Balaban J connectivity index is 0.00000121. The summed E-state index contributed by atoms with van der Waals surface area (Å²) in [4.78, 5) is 15.2. The van der Waals surface area contributed by atoms with Crippen molar-refractivity contribution in [2.24, 2.45) is 0 Å². The molecule has 0 unspecified atom stereocenters. The lowest BCUT2D eigenvalue weighted by Gasteiger charge is -2.00. The van der Waals surface area contributed by atoms with Crippen molar-refractivity contribution in [3.8, 4) is 0 Å². The molecule has 0 aliphatic heterocycles. The number of carbonyl (C=O) groups is 1. The monoisotopic (exact) mass is 232 g/mol. The molecule has 0 spiro atoms. The van der Waals surface area contributed by atoms with Gasteiger partial charge in [-0.1, -0.05) is 0 Å². The fraction of sp³-hybridized carbons (Fsp3) is 0.500. The van der Waals surface area contributed by atoms with Crippen molar-refractivity contribution in [3.05, 3.63) is 17.2 Å². The fourth-order valence-electron chi connectivity index (χ4n) is 1.24. The highest BCUT2D eigenvalue weighted by atomic mass is 79.9. The van der Waals surface area contributed by atoms with Crippen LogP contribution in [0.4, 0.5) is 0 Å². The van der Waals surface area contributed by atoms with E-state index in [0.29, 0.717) is 0 Å². The van der Waals surface area contributed by atoms with Crippen molar-refractivity contribution in [1.29, 1.82) is 0 Å². The lowest BCUT2D eigenvalue weighted by molar-refractivity contribution is 0.0932. The number of nitrogens with zero attached hydrogens (tertiary/aromatic N) is 2. The summed E-state index contributed by atoms with van der Waals surface area (Å²) >= 11 is 0. The minimum Gasteiger partial charge on any atom is -0.274 e. The van der Waals surface area contributed by atoms with Gasteiger partial charge in [0.15, 0.2) is 0 Å². The normalized spacial score (nSPS) is 9.33. The summed E-state index contributed by atoms with van der Waals surface area (Å²) in [6.07, 6.45) is 0. The van der Waals surface area contributed by atoms with Crippen LogP contribution in [0.2, 0.25) is 0 Å². The molecule has 0 fully saturated rings. The summed E-state index contributed by atoms with van der Waals surface area (Å²) < 4.78 is 1.62. The van der Waals surface area contributed by atoms with Crippen molar-refractivity contribution < 1.29 is 4.79 Å². The molecule has 68 valence electrons. The standard InChI is InChI=1S/C8H12N2O.BrH/c1-5-6(2)10(8(4)11)7(3)9-5;/h1-4H3;1H. The lowest BCUT2D eigenvalue weighted by Crippen LogP contribution is -2.09. The Bertz CT molecular complexity index is 304. The summed E-state index contributed by atoms with van der Waals surface area (Å²) in [5.41, 5.74) is 1.87. The van der Waals surface area contributed by atoms with Gasteiger partial charge in [-0.05, 0) is 20.8 Å². The van der Waals surface area contributed by atoms with E-state index in [1.165, 1.54) is 0 Å². The topological polar surface area (TPSA) is 34.9 Å². The minimum absolute atomic E-state index is 0. The first-order valence-electron chi connectivity index (χ1n) is 3.57. The Kier molecular flexibility index (Phi) is 3.64. The Morgan fingerprint density at radius 3 is 2.00 bits per heavy atom. The van der Waals surface area contributed by atoms with Gasteiger partial charge in [0.1, 0.15) is 5.82 Å². The number of imidazole rings is 1. The van der Waals surface area contributed by atoms with Crippen LogP contribution in [0.25, 0.3) is 0 Å². The molecule has 0 aliphatic rings. The van der Waals surface area contributed by atoms with E-state index in [1.54, 1.807) is 11.5 Å². The van der Waals surface area contributed by atoms with Gasteiger partial charge in [0.25, 0.3) is 0 Å². The van der Waals surface area contributed by atoms with Gasteiger partial charge in [0.2, 0.25) is 5.91 Å². The van der Waals surface area contributed by atoms with Crippen LogP contribution >= 0.6 is 17.0 Å². The van der Waals surface area contributed by atoms with Gasteiger partial charge in [-0.2, -0.15) is 0 Å². The summed E-state index contributed by atoms with van der Waals surface area (Å²) in [7, 11) is 0. The maximum atomic E-state index is 11.0. The van der Waals surface area contributed by atoms with Gasteiger partial charge < -0.3 is 0 Å². The van der Waals surface area contributed by atoms with Crippen LogP contribution < -0.4 is 0 Å². The second-order valence-electron chi connectivity index (χ2n) is 2.68. The molecule has 3 nitrogen and oxygen atoms in total. The summed E-state index contributed by atoms with van der Waals surface area (Å²) in [5, 5.41) is 0. The van der Waals surface area contributed by atoms with Crippen LogP contribution in [0.15, 0.2) is 0 Å². The molecule has 0 aliphatic carbocycles. The lowest BCUT2D eigenvalue weighted by atomic mass is 10.4. The Labute approximate surface area is 82.6 Å². The number of hydrogen-bond acceptors (Lipinski definition) is 2. The van der Waals surface area contributed by atoms with Crippen LogP contribution in [0.3, 0.4) is 0 Å². The van der Waals surface area contributed by atoms with E-state index >= 15 is 0 Å². The Morgan fingerprint density at radius 2 is 1.83 bits per heavy atom. The number of carbonyl (C=O) groups excluding carboxylic acids is 1. The second kappa shape index (κ2) is 3.85. The smallest absolute Gasteiger partial charge is 0.229 e. The van der Waals surface area contributed by atoms with Crippen molar-refractivity contribution in [1.82, 2.24) is 9.55 Å². The molecule has 1 rings (SSSR count). The van der Waals surface area contributed by atoms with Crippen LogP contribution in [-0.4, -0.2) is 15.5 Å². The molecule has 0 amide bonds. The van der Waals surface area contributed by atoms with Crippen LogP contribution in [-0.2, 0) is 0 Å². The van der Waals surface area contributed by atoms with Crippen LogP contribution in [0.5, 0.6) is 0 Å². The van der Waals surface area contributed by atoms with Crippen molar-refractivity contribution in [2.75, 3.05) is 0 Å². The van der Waals surface area contributed by atoms with Gasteiger partial charge in [-0.15, -0.1) is 17.0 Å². The zero-order chi connectivity index (χ0) is 8.59. The third-order valence-electron chi connectivity index (χ3n) is 1.83. The second-order valence-corrected chi connectivity index (χ2v) is 2.68. The number of rotatable bonds is 0. The molecule has 4 heteroatoms. The van der Waals surface area contributed by atoms with E-state index in [2.05, 4.69) is 4.98 Å². The van der Waals surface area contributed by atoms with Gasteiger partial charge in [-0.3, -0.25) is 9.36 Å². The number of aromatic nitrogens is 2. The van der Waals surface area contributed by atoms with E-state index < -0.39 is 0 Å². The third-order valence-corrected chi connectivity index (χ3v) is 1.83. The zero-order valence-electron chi connectivity index (χ0n) is 7.71. The van der Waals surface area contributed by atoms with Crippen molar-refractivity contribution in [2.45, 2.75) is 27.7 Å². The molecule has 0 atom stereocenters. The molecule has 1 aromatic heterocycles. The molecule has 0 bridgehead atoms. The number of halogens is 1. The van der Waals surface area contributed by atoms with Gasteiger partial charge in [0.05, 0.1) is 5.69 Å². The molecular formula is C8H13BrN2O. The maximum absolute atomic E-state index is 11.0. The average Bonchev–Trinajstić information content (AvgIpc) is 2.07. The fourth-order valence-corrected chi connectivity index (χ4v) is 1.24. The highest BCUT2D eigenvalue weighted by molar-refractivity contribution is 8.93. The molecule has 0 radical (unpaired) electrons. The van der Waals surface area contributed by atoms with E-state index in [4.69, 9.17) is 0 Å². The SMILES string of the molecule is Br.CC(=O)n1c(C)nc(C)c1C. The quantitative estimate of drug-likeness (QED) is 0.687. The highest BCUT2D eigenvalue weighted by Gasteiger charge is 2.09. The molecule has 0 aromatic carbocycles. The summed E-state index contributed by atoms with van der Waals surface area (Å²) in [5.74, 6) is 0.799. The van der Waals surface area contributed by atoms with E-state index in [1.807, 2.05) is 20.8 Å². The van der Waals surface area contributed by atoms with Crippen LogP contribution in [0, 0.1) is 20.8 Å². The number of aryl methyl sites for hydroxylation is 2. The predicted molar refractivity (Wildman–Crippen MR) is 53.1 cm³/mol. The maximum Gasteiger partial charge on any atom is 0.229 e. The van der Waals surface area contributed by atoms with E-state index in [0.717, 1.165) is 17.2 Å². The first kappa shape index (κ1) is 11.4. The Hall–Kier alpha value is -0.640. The zero-order valence-corrected chi connectivity index (χ0v) is 9.42. The first-order valence-corrected chi connectivity index (χ1v) is 3.57. The molecule has 1 aromatic rings. The van der Waals surface area contributed by atoms with Crippen molar-refractivity contribution >= 4 is 22.9 Å². The predicted octanol–water partition coefficient (Wildman–Crippen LogP) is 2.05. The highest BCUT2D eigenvalue weighted by Crippen LogP contribution is 2.08. The van der Waals surface area contributed by atoms with E-state index in [9.17, 15) is 4.79 Å². The van der Waals surface area contributed by atoms with Gasteiger partial charge in [0, 0.05) is 12.6 Å². The van der Waals surface area contributed by atoms with Crippen molar-refractivity contribution in [3.63, 3.8) is 0 Å². The molecule has 0 N–H and O–H groups in total. The molecular weight excluding hydrogens is 220 g/mol. The third kappa shape index (κ3) is 1.75. The number of hydrogen-bond donors (Lipinski definition) is 0. The largest absolute Gasteiger partial charge is 0.274 e. The van der Waals surface area contributed by atoms with Gasteiger partial charge in [-0.25, -0.2) is 4.98 Å². The molecule has 1 heterocycles. The minimum atomic E-state index is 0. The summed E-state index contributed by atoms with van der Waals surface area (Å²) in [6.45, 7) is 7.18. The van der Waals surface area contributed by atoms with Crippen LogP contribution in [0.1, 0.15) is 28.9 Å². The summed E-state index contributed by atoms with van der Waals surface area (Å²) in [6, 6.07) is 0. The first-order chi connectivity index (χ1) is 5.04.